The Labute approximate surface area is 136 Å². The van der Waals surface area contributed by atoms with E-state index in [-0.39, 0.29) is 12.5 Å². The van der Waals surface area contributed by atoms with Crippen molar-refractivity contribution < 1.29 is 9.90 Å². The topological polar surface area (TPSA) is 65.5 Å². The first-order valence-corrected chi connectivity index (χ1v) is 7.88. The van der Waals surface area contributed by atoms with E-state index in [1.54, 1.807) is 24.5 Å². The molecule has 0 spiro atoms. The van der Waals surface area contributed by atoms with E-state index in [4.69, 9.17) is 0 Å². The van der Waals surface area contributed by atoms with Gasteiger partial charge in [0.25, 0.3) is 5.91 Å². The molecule has 1 atom stereocenters. The minimum atomic E-state index is -0.578. The Balaban J connectivity index is 1.47. The van der Waals surface area contributed by atoms with Crippen LogP contribution in [0.1, 0.15) is 21.5 Å². The number of pyridine rings is 1. The van der Waals surface area contributed by atoms with Crippen LogP contribution < -0.4 is 5.32 Å². The van der Waals surface area contributed by atoms with Crippen LogP contribution in [-0.4, -0.2) is 46.6 Å². The Bertz CT molecular complexity index is 660. The maximum atomic E-state index is 11.9. The summed E-state index contributed by atoms with van der Waals surface area (Å²) in [7, 11) is 0. The highest BCUT2D eigenvalue weighted by molar-refractivity contribution is 5.93. The summed E-state index contributed by atoms with van der Waals surface area (Å²) >= 11 is 0. The second-order valence-corrected chi connectivity index (χ2v) is 5.85. The number of carbonyl (C=O) groups excluding carboxylic acids is 1. The average molecular weight is 311 g/mol. The molecule has 2 N–H and O–H groups in total. The third-order valence-electron chi connectivity index (χ3n) is 4.12. The molecule has 120 valence electrons. The molecule has 0 fully saturated rings. The van der Waals surface area contributed by atoms with Gasteiger partial charge in [0.05, 0.1) is 6.10 Å². The minimum absolute atomic E-state index is 0.185. The number of aliphatic hydroxyl groups excluding tert-OH is 1. The van der Waals surface area contributed by atoms with Crippen molar-refractivity contribution in [2.45, 2.75) is 19.1 Å². The number of rotatable bonds is 5. The Hall–Kier alpha value is -2.24. The normalized spacial score (nSPS) is 15.7. The molecule has 1 aromatic heterocycles. The van der Waals surface area contributed by atoms with Crippen LogP contribution in [0.15, 0.2) is 48.8 Å². The van der Waals surface area contributed by atoms with Crippen LogP contribution in [0.5, 0.6) is 0 Å². The molecular formula is C18H21N3O2. The standard InChI is InChI=1S/C18H21N3O2/c22-17(11-20-18(23)15-5-8-19-9-6-15)13-21-10-7-14-3-1-2-4-16(14)12-21/h1-6,8-9,17,22H,7,10-13H2,(H,20,23)/t17-/m1/s1. The SMILES string of the molecule is O=C(NC[C@@H](O)CN1CCc2ccccc2C1)c1ccncc1. The summed E-state index contributed by atoms with van der Waals surface area (Å²) in [4.78, 5) is 18.1. The number of hydrogen-bond acceptors (Lipinski definition) is 4. The summed E-state index contributed by atoms with van der Waals surface area (Å²) < 4.78 is 0. The number of benzene rings is 1. The van der Waals surface area contributed by atoms with Gasteiger partial charge in [0.2, 0.25) is 0 Å². The fourth-order valence-electron chi connectivity index (χ4n) is 2.89. The molecule has 0 saturated carbocycles. The molecule has 0 radical (unpaired) electrons. The van der Waals surface area contributed by atoms with Crippen LogP contribution in [0.2, 0.25) is 0 Å². The van der Waals surface area contributed by atoms with E-state index < -0.39 is 6.10 Å². The predicted octanol–water partition coefficient (Wildman–Crippen LogP) is 1.23. The fraction of sp³-hybridized carbons (Fsp3) is 0.333. The summed E-state index contributed by atoms with van der Waals surface area (Å²) in [5.41, 5.74) is 3.27. The largest absolute Gasteiger partial charge is 0.390 e. The predicted molar refractivity (Wildman–Crippen MR) is 88.0 cm³/mol. The molecule has 5 nitrogen and oxygen atoms in total. The van der Waals surface area contributed by atoms with Gasteiger partial charge in [-0.2, -0.15) is 0 Å². The summed E-state index contributed by atoms with van der Waals surface area (Å²) in [6, 6.07) is 11.7. The number of aromatic nitrogens is 1. The minimum Gasteiger partial charge on any atom is -0.390 e. The lowest BCUT2D eigenvalue weighted by molar-refractivity contribution is 0.0842. The number of nitrogens with zero attached hydrogens (tertiary/aromatic N) is 2. The lowest BCUT2D eigenvalue weighted by Crippen LogP contribution is -2.42. The van der Waals surface area contributed by atoms with Gasteiger partial charge in [-0.1, -0.05) is 24.3 Å². The molecule has 0 unspecified atom stereocenters. The number of hydrogen-bond donors (Lipinski definition) is 2. The Kier molecular flexibility index (Phi) is 5.00. The number of nitrogens with one attached hydrogen (secondary N) is 1. The molecule has 0 saturated heterocycles. The van der Waals surface area contributed by atoms with E-state index in [0.717, 1.165) is 19.5 Å². The van der Waals surface area contributed by atoms with Gasteiger partial charge in [-0.15, -0.1) is 0 Å². The molecule has 1 aromatic carbocycles. The first-order chi connectivity index (χ1) is 11.2. The molecule has 0 aliphatic carbocycles. The van der Waals surface area contributed by atoms with Gasteiger partial charge >= 0.3 is 0 Å². The molecule has 1 amide bonds. The smallest absolute Gasteiger partial charge is 0.251 e. The number of amides is 1. The number of fused-ring (bicyclic) bond motifs is 1. The highest BCUT2D eigenvalue weighted by atomic mass is 16.3. The van der Waals surface area contributed by atoms with Crippen molar-refractivity contribution in [2.75, 3.05) is 19.6 Å². The van der Waals surface area contributed by atoms with Crippen molar-refractivity contribution in [1.29, 1.82) is 0 Å². The fourth-order valence-corrected chi connectivity index (χ4v) is 2.89. The van der Waals surface area contributed by atoms with Crippen molar-refractivity contribution in [3.05, 3.63) is 65.5 Å². The third kappa shape index (κ3) is 4.15. The molecule has 2 heterocycles. The number of β-amino-alcohol motifs (C(OH)–C–C–N with tert-alkyl or cyclic N) is 1. The molecule has 1 aliphatic heterocycles. The Morgan fingerprint density at radius 3 is 2.74 bits per heavy atom. The van der Waals surface area contributed by atoms with Gasteiger partial charge in [-0.3, -0.25) is 14.7 Å². The van der Waals surface area contributed by atoms with E-state index in [0.29, 0.717) is 12.1 Å². The quantitative estimate of drug-likeness (QED) is 0.872. The lowest BCUT2D eigenvalue weighted by Gasteiger charge is -2.30. The highest BCUT2D eigenvalue weighted by Crippen LogP contribution is 2.18. The zero-order valence-corrected chi connectivity index (χ0v) is 13.0. The van der Waals surface area contributed by atoms with Gasteiger partial charge in [-0.05, 0) is 29.7 Å². The summed E-state index contributed by atoms with van der Waals surface area (Å²) in [5.74, 6) is -0.185. The third-order valence-corrected chi connectivity index (χ3v) is 4.12. The van der Waals surface area contributed by atoms with Crippen molar-refractivity contribution >= 4 is 5.91 Å². The van der Waals surface area contributed by atoms with Gasteiger partial charge in [0.15, 0.2) is 0 Å². The van der Waals surface area contributed by atoms with Crippen molar-refractivity contribution in [2.24, 2.45) is 0 Å². The van der Waals surface area contributed by atoms with Crippen LogP contribution >= 0.6 is 0 Å². The van der Waals surface area contributed by atoms with E-state index >= 15 is 0 Å². The second kappa shape index (κ2) is 7.35. The molecular weight excluding hydrogens is 290 g/mol. The van der Waals surface area contributed by atoms with E-state index in [1.165, 1.54) is 11.1 Å². The Morgan fingerprint density at radius 1 is 1.22 bits per heavy atom. The van der Waals surface area contributed by atoms with Gasteiger partial charge in [-0.25, -0.2) is 0 Å². The molecule has 23 heavy (non-hydrogen) atoms. The molecule has 0 bridgehead atoms. The van der Waals surface area contributed by atoms with E-state index in [9.17, 15) is 9.90 Å². The maximum absolute atomic E-state index is 11.9. The monoisotopic (exact) mass is 311 g/mol. The summed E-state index contributed by atoms with van der Waals surface area (Å²) in [6.07, 6.45) is 3.59. The summed E-state index contributed by atoms with van der Waals surface area (Å²) in [5, 5.41) is 12.9. The van der Waals surface area contributed by atoms with Crippen LogP contribution in [0, 0.1) is 0 Å². The first-order valence-electron chi connectivity index (χ1n) is 7.88. The van der Waals surface area contributed by atoms with Crippen molar-refractivity contribution in [1.82, 2.24) is 15.2 Å². The van der Waals surface area contributed by atoms with Crippen molar-refractivity contribution in [3.63, 3.8) is 0 Å². The van der Waals surface area contributed by atoms with Crippen molar-refractivity contribution in [3.8, 4) is 0 Å². The number of carbonyl (C=O) groups is 1. The molecule has 5 heteroatoms. The van der Waals surface area contributed by atoms with Crippen LogP contribution in [0.4, 0.5) is 0 Å². The zero-order valence-electron chi connectivity index (χ0n) is 13.0. The maximum Gasteiger partial charge on any atom is 0.251 e. The molecule has 2 aromatic rings. The van der Waals surface area contributed by atoms with E-state index in [2.05, 4.69) is 33.4 Å². The lowest BCUT2D eigenvalue weighted by atomic mass is 10.00. The first kappa shape index (κ1) is 15.6. The number of aliphatic hydroxyl groups is 1. The molecule has 3 rings (SSSR count). The average Bonchev–Trinajstić information content (AvgIpc) is 2.60. The summed E-state index contributed by atoms with van der Waals surface area (Å²) in [6.45, 7) is 2.60. The van der Waals surface area contributed by atoms with Gasteiger partial charge in [0.1, 0.15) is 0 Å². The Morgan fingerprint density at radius 2 is 1.96 bits per heavy atom. The highest BCUT2D eigenvalue weighted by Gasteiger charge is 2.18. The molecule has 1 aliphatic rings. The van der Waals surface area contributed by atoms with Gasteiger partial charge in [0, 0.05) is 44.1 Å². The van der Waals surface area contributed by atoms with Crippen LogP contribution in [-0.2, 0) is 13.0 Å². The van der Waals surface area contributed by atoms with Crippen LogP contribution in [0.25, 0.3) is 0 Å². The van der Waals surface area contributed by atoms with E-state index in [1.807, 2.05) is 6.07 Å². The second-order valence-electron chi connectivity index (χ2n) is 5.85. The van der Waals surface area contributed by atoms with Gasteiger partial charge < -0.3 is 10.4 Å². The van der Waals surface area contributed by atoms with Crippen LogP contribution in [0.3, 0.4) is 0 Å². The zero-order chi connectivity index (χ0) is 16.1.